The van der Waals surface area contributed by atoms with Crippen molar-refractivity contribution in [1.82, 2.24) is 0 Å². The number of aromatic hydroxyl groups is 1. The quantitative estimate of drug-likeness (QED) is 0.0228. The summed E-state index contributed by atoms with van der Waals surface area (Å²) < 4.78 is 62.0. The van der Waals surface area contributed by atoms with E-state index in [0.29, 0.717) is 31.2 Å². The summed E-state index contributed by atoms with van der Waals surface area (Å²) in [5, 5.41) is 9.42. The van der Waals surface area contributed by atoms with Crippen molar-refractivity contribution < 1.29 is 100 Å². The lowest BCUT2D eigenvalue weighted by atomic mass is 10.1. The van der Waals surface area contributed by atoms with Gasteiger partial charge in [0, 0.05) is 12.2 Å². The van der Waals surface area contributed by atoms with Crippen LogP contribution >= 0.6 is 0 Å². The Hall–Kier alpha value is -8.56. The number of methoxy groups -OCH3 is 1. The van der Waals surface area contributed by atoms with Crippen molar-refractivity contribution >= 4 is 48.1 Å². The Kier molecular flexibility index (Phi) is 21.3. The van der Waals surface area contributed by atoms with E-state index in [1.807, 2.05) is 0 Å². The van der Waals surface area contributed by atoms with Gasteiger partial charge in [0.2, 0.25) is 0 Å². The molecule has 2 fully saturated rings. The van der Waals surface area contributed by atoms with Crippen LogP contribution in [0.4, 0.5) is 9.59 Å². The van der Waals surface area contributed by atoms with Gasteiger partial charge in [-0.25, -0.2) is 38.4 Å². The highest BCUT2D eigenvalue weighted by Crippen LogP contribution is 2.32. The highest BCUT2D eigenvalue weighted by Gasteiger charge is 2.51. The zero-order valence-electron chi connectivity index (χ0n) is 38.8. The van der Waals surface area contributed by atoms with Gasteiger partial charge in [0.15, 0.2) is 12.2 Å². The van der Waals surface area contributed by atoms with Crippen molar-refractivity contribution in [3.05, 3.63) is 145 Å². The minimum Gasteiger partial charge on any atom is -0.508 e. The largest absolute Gasteiger partial charge is 0.513 e. The molecule has 0 radical (unpaired) electrons. The summed E-state index contributed by atoms with van der Waals surface area (Å²) in [6.45, 7) is 7.30. The lowest BCUT2D eigenvalue weighted by Crippen LogP contribution is -2.36. The molecule has 4 atom stereocenters. The Bertz CT molecular complexity index is 2500. The number of benzene rings is 4. The van der Waals surface area contributed by atoms with Gasteiger partial charge in [-0.05, 0) is 123 Å². The number of rotatable bonds is 21. The van der Waals surface area contributed by atoms with Gasteiger partial charge < -0.3 is 61.9 Å². The van der Waals surface area contributed by atoms with Crippen LogP contribution in [0.1, 0.15) is 67.1 Å². The predicted molar refractivity (Wildman–Crippen MR) is 246 cm³/mol. The summed E-state index contributed by atoms with van der Waals surface area (Å²) in [7, 11) is 1.28. The van der Waals surface area contributed by atoms with Crippen LogP contribution in [0, 0.1) is 0 Å². The predicted octanol–water partition coefficient (Wildman–Crippen LogP) is 6.68. The third-order valence-corrected chi connectivity index (χ3v) is 9.99. The second-order valence-electron chi connectivity index (χ2n) is 15.0. The minimum atomic E-state index is -0.926. The lowest BCUT2D eigenvalue weighted by molar-refractivity contribution is -0.138. The fraction of sp³-hybridized carbons (Fsp3) is 0.294. The first kappa shape index (κ1) is 54.4. The SMILES string of the molecule is C=CC(=O)OCCCCOC(=O)Oc1ccc(C(=O)OC)cc1.C=CC(=O)OCCCCOC(=O)Oc1ccc(C(=O)Oc2ccc(C(=O)OC3CO[C@@H]4[C@@H](OC(=O)c5ccc(O)cc5)CO[C@H]34)cc2)cc1. The third kappa shape index (κ3) is 17.4. The van der Waals surface area contributed by atoms with Crippen LogP contribution in [0.15, 0.2) is 122 Å². The number of fused-ring (bicyclic) bond motifs is 1. The molecule has 0 aliphatic carbocycles. The molecule has 0 bridgehead atoms. The van der Waals surface area contributed by atoms with Crippen molar-refractivity contribution in [3.8, 4) is 23.0 Å². The molecule has 6 rings (SSSR count). The van der Waals surface area contributed by atoms with Gasteiger partial charge in [0.05, 0.1) is 69.0 Å². The second-order valence-corrected chi connectivity index (χ2v) is 15.0. The van der Waals surface area contributed by atoms with Gasteiger partial charge in [-0.2, -0.15) is 0 Å². The standard InChI is InChI=1S/C35H32O14.C16H18O7/c1-2-29(37)42-17-3-4-18-43-35(41)47-26-15-9-22(10-16-26)32(38)46-25-13-7-23(8-14-25)34(40)49-28-20-45-30-27(19-44-31(28)30)48-33(39)21-5-11-24(36)12-6-21;1-3-14(17)21-10-4-5-11-22-16(19)23-13-8-6-12(7-9-13)15(18)20-2/h2,5-16,27-28,30-31,36H,1,3-4,17-20H2;3,6-9H,1,4-5,10-11H2,2H3/t27-,28?,30+,31+;/m0./s1. The van der Waals surface area contributed by atoms with Gasteiger partial charge in [-0.1, -0.05) is 13.2 Å². The Morgan fingerprint density at radius 1 is 0.486 bits per heavy atom. The number of carbonyl (C=O) groups excluding carboxylic acids is 8. The molecule has 0 amide bonds. The van der Waals surface area contributed by atoms with Gasteiger partial charge in [-0.15, -0.1) is 0 Å². The molecular weight excluding hydrogens is 949 g/mol. The first-order valence-electron chi connectivity index (χ1n) is 22.1. The van der Waals surface area contributed by atoms with Crippen LogP contribution in [-0.2, 0) is 52.2 Å². The second kappa shape index (κ2) is 28.2. The van der Waals surface area contributed by atoms with Gasteiger partial charge in [0.25, 0.3) is 0 Å². The van der Waals surface area contributed by atoms with E-state index >= 15 is 0 Å². The van der Waals surface area contributed by atoms with E-state index in [4.69, 9.17) is 52.1 Å². The van der Waals surface area contributed by atoms with Crippen molar-refractivity contribution in [2.45, 2.75) is 50.1 Å². The topological polar surface area (TPSA) is 268 Å². The first-order chi connectivity index (χ1) is 34.8. The van der Waals surface area contributed by atoms with E-state index < -0.39 is 72.5 Å². The van der Waals surface area contributed by atoms with Crippen molar-refractivity contribution in [2.75, 3.05) is 46.8 Å². The number of hydrogen-bond acceptors (Lipinski definition) is 21. The molecule has 2 saturated heterocycles. The van der Waals surface area contributed by atoms with E-state index in [1.165, 1.54) is 104 Å². The number of esters is 6. The maximum Gasteiger partial charge on any atom is 0.513 e. The van der Waals surface area contributed by atoms with Crippen molar-refractivity contribution in [1.29, 1.82) is 0 Å². The van der Waals surface area contributed by atoms with Crippen LogP contribution in [0.25, 0.3) is 0 Å². The molecule has 4 aromatic carbocycles. The van der Waals surface area contributed by atoms with Crippen molar-refractivity contribution in [2.24, 2.45) is 0 Å². The average Bonchev–Trinajstić information content (AvgIpc) is 3.98. The van der Waals surface area contributed by atoms with Crippen LogP contribution in [-0.4, -0.2) is 124 Å². The number of hydrogen-bond donors (Lipinski definition) is 1. The van der Waals surface area contributed by atoms with E-state index in [9.17, 15) is 43.5 Å². The fourth-order valence-corrected chi connectivity index (χ4v) is 6.33. The average molecular weight is 999 g/mol. The summed E-state index contributed by atoms with van der Waals surface area (Å²) in [5.41, 5.74) is 0.982. The number of unbranched alkanes of at least 4 members (excludes halogenated alkanes) is 2. The number of ether oxygens (including phenoxy) is 12. The first-order valence-corrected chi connectivity index (χ1v) is 22.1. The van der Waals surface area contributed by atoms with Crippen molar-refractivity contribution in [3.63, 3.8) is 0 Å². The zero-order valence-corrected chi connectivity index (χ0v) is 38.8. The monoisotopic (exact) mass is 998 g/mol. The summed E-state index contributed by atoms with van der Waals surface area (Å²) in [4.78, 5) is 94.3. The lowest BCUT2D eigenvalue weighted by Gasteiger charge is -2.17. The highest BCUT2D eigenvalue weighted by atomic mass is 16.7. The number of phenolic OH excluding ortho intramolecular Hbond substituents is 1. The normalized spacial score (nSPS) is 16.1. The molecule has 72 heavy (non-hydrogen) atoms. The molecule has 1 unspecified atom stereocenters. The molecule has 1 N–H and O–H groups in total. The molecule has 4 aromatic rings. The van der Waals surface area contributed by atoms with E-state index in [2.05, 4.69) is 17.9 Å². The maximum absolute atomic E-state index is 12.8. The molecule has 21 heteroatoms. The maximum atomic E-state index is 12.8. The highest BCUT2D eigenvalue weighted by molar-refractivity contribution is 5.92. The molecule has 0 aromatic heterocycles. The molecule has 2 heterocycles. The van der Waals surface area contributed by atoms with Gasteiger partial charge in [-0.3, -0.25) is 0 Å². The Balaban J connectivity index is 0.000000351. The Labute approximate surface area is 412 Å². The third-order valence-electron chi connectivity index (χ3n) is 9.99. The molecule has 0 saturated carbocycles. The summed E-state index contributed by atoms with van der Waals surface area (Å²) in [5.74, 6) is -2.82. The van der Waals surface area contributed by atoms with Crippen LogP contribution in [0.2, 0.25) is 0 Å². The van der Waals surface area contributed by atoms with E-state index in [0.717, 1.165) is 12.2 Å². The van der Waals surface area contributed by atoms with Gasteiger partial charge in [0.1, 0.15) is 35.2 Å². The Morgan fingerprint density at radius 3 is 1.19 bits per heavy atom. The van der Waals surface area contributed by atoms with Crippen LogP contribution < -0.4 is 14.2 Å². The minimum absolute atomic E-state index is 0.0218. The van der Waals surface area contributed by atoms with Crippen LogP contribution in [0.3, 0.4) is 0 Å². The van der Waals surface area contributed by atoms with E-state index in [1.54, 1.807) is 0 Å². The van der Waals surface area contributed by atoms with Gasteiger partial charge >= 0.3 is 48.1 Å². The number of phenols is 1. The molecular formula is C51H50O21. The molecule has 0 spiro atoms. The zero-order chi connectivity index (χ0) is 51.8. The Morgan fingerprint density at radius 2 is 0.819 bits per heavy atom. The number of carbonyl (C=O) groups is 8. The smallest absolute Gasteiger partial charge is 0.508 e. The summed E-state index contributed by atoms with van der Waals surface area (Å²) in [6, 6.07) is 22.9. The fourth-order valence-electron chi connectivity index (χ4n) is 6.33. The summed E-state index contributed by atoms with van der Waals surface area (Å²) in [6.07, 6.45) is -0.269. The molecule has 21 nitrogen and oxygen atoms in total. The van der Waals surface area contributed by atoms with E-state index in [-0.39, 0.29) is 79.3 Å². The molecule has 380 valence electrons. The summed E-state index contributed by atoms with van der Waals surface area (Å²) >= 11 is 0. The molecule has 2 aliphatic rings. The molecule has 2 aliphatic heterocycles. The van der Waals surface area contributed by atoms with Crippen LogP contribution in [0.5, 0.6) is 23.0 Å².